The van der Waals surface area contributed by atoms with Crippen LogP contribution < -0.4 is 0 Å². The SMILES string of the molecule is O=C(c1cnn(-c2ccccc2)c1)N1CCCC(O)C1. The van der Waals surface area contributed by atoms with Gasteiger partial charge in [-0.3, -0.25) is 4.79 Å². The van der Waals surface area contributed by atoms with Crippen molar-refractivity contribution < 1.29 is 9.90 Å². The van der Waals surface area contributed by atoms with Crippen LogP contribution in [0.2, 0.25) is 0 Å². The number of β-amino-alcohol motifs (C(OH)–C–C–N with tert-alkyl or cyclic N) is 1. The van der Waals surface area contributed by atoms with E-state index in [-0.39, 0.29) is 5.91 Å². The molecule has 1 aliphatic rings. The molecule has 1 saturated heterocycles. The highest BCUT2D eigenvalue weighted by molar-refractivity contribution is 5.93. The van der Waals surface area contributed by atoms with E-state index in [1.54, 1.807) is 22.0 Å². The van der Waals surface area contributed by atoms with Crippen LogP contribution in [0.1, 0.15) is 23.2 Å². The molecule has 2 heterocycles. The molecule has 1 fully saturated rings. The Morgan fingerprint density at radius 1 is 1.30 bits per heavy atom. The number of piperidine rings is 1. The van der Waals surface area contributed by atoms with Crippen LogP contribution in [0.5, 0.6) is 0 Å². The minimum absolute atomic E-state index is 0.0640. The van der Waals surface area contributed by atoms with Crippen LogP contribution in [-0.2, 0) is 0 Å². The monoisotopic (exact) mass is 271 g/mol. The summed E-state index contributed by atoms with van der Waals surface area (Å²) in [7, 11) is 0. The van der Waals surface area contributed by atoms with Gasteiger partial charge in [0.05, 0.1) is 23.6 Å². The predicted octanol–water partition coefficient (Wildman–Crippen LogP) is 1.47. The average molecular weight is 271 g/mol. The summed E-state index contributed by atoms with van der Waals surface area (Å²) in [6.45, 7) is 1.11. The number of nitrogens with zero attached hydrogens (tertiary/aromatic N) is 3. The number of para-hydroxylation sites is 1. The van der Waals surface area contributed by atoms with E-state index in [0.717, 1.165) is 18.5 Å². The molecule has 3 rings (SSSR count). The number of aromatic nitrogens is 2. The van der Waals surface area contributed by atoms with Crippen molar-refractivity contribution in [3.63, 3.8) is 0 Å². The number of carbonyl (C=O) groups excluding carboxylic acids is 1. The first-order chi connectivity index (χ1) is 9.74. The largest absolute Gasteiger partial charge is 0.391 e. The summed E-state index contributed by atoms with van der Waals surface area (Å²) in [6.07, 6.45) is 4.53. The van der Waals surface area contributed by atoms with Gasteiger partial charge in [-0.15, -0.1) is 0 Å². The van der Waals surface area contributed by atoms with Crippen molar-refractivity contribution in [1.82, 2.24) is 14.7 Å². The predicted molar refractivity (Wildman–Crippen MR) is 74.7 cm³/mol. The van der Waals surface area contributed by atoms with Crippen LogP contribution in [0, 0.1) is 0 Å². The summed E-state index contributed by atoms with van der Waals surface area (Å²) < 4.78 is 1.69. The van der Waals surface area contributed by atoms with Crippen LogP contribution in [0.15, 0.2) is 42.7 Å². The molecule has 0 spiro atoms. The van der Waals surface area contributed by atoms with Gasteiger partial charge in [0.1, 0.15) is 0 Å². The molecule has 1 aliphatic heterocycles. The smallest absolute Gasteiger partial charge is 0.257 e. The third-order valence-corrected chi connectivity index (χ3v) is 3.53. The standard InChI is InChI=1S/C15H17N3O2/c19-14-7-4-8-17(11-14)15(20)12-9-16-18(10-12)13-5-2-1-3-6-13/h1-3,5-6,9-10,14,19H,4,7-8,11H2. The van der Waals surface area contributed by atoms with E-state index in [1.165, 1.54) is 0 Å². The van der Waals surface area contributed by atoms with Gasteiger partial charge in [0.15, 0.2) is 0 Å². The fourth-order valence-electron chi connectivity index (χ4n) is 2.48. The van der Waals surface area contributed by atoms with Crippen molar-refractivity contribution in [2.75, 3.05) is 13.1 Å². The lowest BCUT2D eigenvalue weighted by atomic mass is 10.1. The minimum Gasteiger partial charge on any atom is -0.391 e. The van der Waals surface area contributed by atoms with Crippen LogP contribution in [0.3, 0.4) is 0 Å². The number of likely N-dealkylation sites (tertiary alicyclic amines) is 1. The second-order valence-corrected chi connectivity index (χ2v) is 5.06. The first kappa shape index (κ1) is 12.9. The van der Waals surface area contributed by atoms with E-state index in [2.05, 4.69) is 5.10 Å². The number of aliphatic hydroxyl groups excluding tert-OH is 1. The molecule has 1 atom stereocenters. The highest BCUT2D eigenvalue weighted by Gasteiger charge is 2.23. The fraction of sp³-hybridized carbons (Fsp3) is 0.333. The van der Waals surface area contributed by atoms with E-state index in [1.807, 2.05) is 30.3 Å². The van der Waals surface area contributed by atoms with Gasteiger partial charge in [-0.25, -0.2) is 4.68 Å². The van der Waals surface area contributed by atoms with Gasteiger partial charge >= 0.3 is 0 Å². The number of hydrogen-bond acceptors (Lipinski definition) is 3. The Morgan fingerprint density at radius 2 is 2.10 bits per heavy atom. The number of rotatable bonds is 2. The van der Waals surface area contributed by atoms with Gasteiger partial charge in [0.25, 0.3) is 5.91 Å². The molecule has 2 aromatic rings. The molecule has 1 unspecified atom stereocenters. The second-order valence-electron chi connectivity index (χ2n) is 5.06. The normalized spacial score (nSPS) is 19.1. The first-order valence-electron chi connectivity index (χ1n) is 6.81. The summed E-state index contributed by atoms with van der Waals surface area (Å²) in [4.78, 5) is 14.0. The lowest BCUT2D eigenvalue weighted by molar-refractivity contribution is 0.0474. The Morgan fingerprint density at radius 3 is 2.85 bits per heavy atom. The fourth-order valence-corrected chi connectivity index (χ4v) is 2.48. The molecule has 0 radical (unpaired) electrons. The summed E-state index contributed by atoms with van der Waals surface area (Å²) in [5.74, 6) is -0.0640. The quantitative estimate of drug-likeness (QED) is 0.900. The maximum atomic E-state index is 12.4. The molecule has 1 N–H and O–H groups in total. The van der Waals surface area contributed by atoms with E-state index in [0.29, 0.717) is 18.7 Å². The van der Waals surface area contributed by atoms with E-state index < -0.39 is 6.10 Å². The highest BCUT2D eigenvalue weighted by Crippen LogP contribution is 2.14. The lowest BCUT2D eigenvalue weighted by Crippen LogP contribution is -2.42. The molecule has 5 nitrogen and oxygen atoms in total. The summed E-state index contributed by atoms with van der Waals surface area (Å²) in [6, 6.07) is 9.67. The van der Waals surface area contributed by atoms with Crippen molar-refractivity contribution in [2.24, 2.45) is 0 Å². The Hall–Kier alpha value is -2.14. The molecular formula is C15H17N3O2. The van der Waals surface area contributed by atoms with Crippen molar-refractivity contribution >= 4 is 5.91 Å². The summed E-state index contributed by atoms with van der Waals surface area (Å²) >= 11 is 0. The number of amides is 1. The molecular weight excluding hydrogens is 254 g/mol. The zero-order valence-corrected chi connectivity index (χ0v) is 11.1. The summed E-state index contributed by atoms with van der Waals surface area (Å²) in [5, 5.41) is 13.9. The van der Waals surface area contributed by atoms with Crippen molar-refractivity contribution in [2.45, 2.75) is 18.9 Å². The Kier molecular flexibility index (Phi) is 3.52. The first-order valence-corrected chi connectivity index (χ1v) is 6.81. The number of benzene rings is 1. The Balaban J connectivity index is 1.78. The van der Waals surface area contributed by atoms with Crippen molar-refractivity contribution in [1.29, 1.82) is 0 Å². The van der Waals surface area contributed by atoms with E-state index in [4.69, 9.17) is 0 Å². The lowest BCUT2D eigenvalue weighted by Gasteiger charge is -2.29. The van der Waals surface area contributed by atoms with Crippen molar-refractivity contribution in [3.8, 4) is 5.69 Å². The van der Waals surface area contributed by atoms with E-state index >= 15 is 0 Å². The minimum atomic E-state index is -0.406. The number of carbonyl (C=O) groups is 1. The van der Waals surface area contributed by atoms with Gasteiger partial charge < -0.3 is 10.0 Å². The van der Waals surface area contributed by atoms with Crippen LogP contribution in [0.25, 0.3) is 5.69 Å². The van der Waals surface area contributed by atoms with Gasteiger partial charge in [-0.05, 0) is 25.0 Å². The van der Waals surface area contributed by atoms with E-state index in [9.17, 15) is 9.90 Å². The molecule has 20 heavy (non-hydrogen) atoms. The average Bonchev–Trinajstić information content (AvgIpc) is 2.97. The van der Waals surface area contributed by atoms with Gasteiger partial charge in [-0.2, -0.15) is 5.10 Å². The number of hydrogen-bond donors (Lipinski definition) is 1. The van der Waals surface area contributed by atoms with Gasteiger partial charge in [0.2, 0.25) is 0 Å². The zero-order chi connectivity index (χ0) is 13.9. The molecule has 0 saturated carbocycles. The molecule has 0 bridgehead atoms. The Bertz CT molecular complexity index is 594. The molecule has 5 heteroatoms. The van der Waals surface area contributed by atoms with Crippen LogP contribution in [-0.4, -0.2) is 44.9 Å². The zero-order valence-electron chi connectivity index (χ0n) is 11.1. The van der Waals surface area contributed by atoms with Crippen molar-refractivity contribution in [3.05, 3.63) is 48.3 Å². The molecule has 0 aliphatic carbocycles. The Labute approximate surface area is 117 Å². The maximum absolute atomic E-state index is 12.4. The summed E-state index contributed by atoms with van der Waals surface area (Å²) in [5.41, 5.74) is 1.48. The molecule has 104 valence electrons. The molecule has 1 aromatic heterocycles. The third-order valence-electron chi connectivity index (χ3n) is 3.53. The topological polar surface area (TPSA) is 58.4 Å². The molecule has 1 amide bonds. The van der Waals surface area contributed by atoms with Gasteiger partial charge in [-0.1, -0.05) is 18.2 Å². The van der Waals surface area contributed by atoms with Gasteiger partial charge in [0, 0.05) is 19.3 Å². The third kappa shape index (κ3) is 2.58. The molecule has 1 aromatic carbocycles. The second kappa shape index (κ2) is 5.46. The van der Waals surface area contributed by atoms with Crippen LogP contribution >= 0.6 is 0 Å². The van der Waals surface area contributed by atoms with Crippen LogP contribution in [0.4, 0.5) is 0 Å². The maximum Gasteiger partial charge on any atom is 0.257 e. The highest BCUT2D eigenvalue weighted by atomic mass is 16.3. The number of aliphatic hydroxyl groups is 1.